The molecule has 2 amide bonds. The number of carbonyl (C=O) groups is 2. The molecule has 218 valence electrons. The van der Waals surface area contributed by atoms with E-state index in [0.29, 0.717) is 34.9 Å². The van der Waals surface area contributed by atoms with Crippen LogP contribution in [0.2, 0.25) is 19.1 Å². The number of aryl methyl sites for hydroxylation is 1. The van der Waals surface area contributed by atoms with Crippen LogP contribution in [-0.2, 0) is 28.9 Å². The number of amides is 2. The smallest absolute Gasteiger partial charge is 0.342 e. The molecule has 0 saturated heterocycles. The Morgan fingerprint density at radius 2 is 1.95 bits per heavy atom. The highest BCUT2D eigenvalue weighted by Gasteiger charge is 2.47. The number of ether oxygens (including phenoxy) is 1. The summed E-state index contributed by atoms with van der Waals surface area (Å²) < 4.78 is 7.30. The lowest BCUT2D eigenvalue weighted by Crippen LogP contribution is -2.49. The molecule has 0 radical (unpaired) electrons. The minimum Gasteiger partial charge on any atom is -0.505 e. The quantitative estimate of drug-likeness (QED) is 0.196. The Balaban J connectivity index is 1.21. The van der Waals surface area contributed by atoms with Crippen molar-refractivity contribution in [2.45, 2.75) is 57.5 Å². The molecule has 3 heterocycles. The SMILES string of the molecule is CCC1(O)C(=O)OCC2=C1Cc1nc3n(c1=C2O)Cc1c(cccc1CC[Si](C)(C)CNC(=O)Nc1ccccc1)C=3. The van der Waals surface area contributed by atoms with Crippen LogP contribution in [0.4, 0.5) is 10.5 Å². The van der Waals surface area contributed by atoms with E-state index in [1.807, 2.05) is 41.0 Å². The second-order valence-corrected chi connectivity index (χ2v) is 17.3. The summed E-state index contributed by atoms with van der Waals surface area (Å²) in [5.74, 6) is -0.654. The van der Waals surface area contributed by atoms with Crippen LogP contribution in [0, 0.1) is 0 Å². The first kappa shape index (κ1) is 28.0. The Kier molecular flexibility index (Phi) is 7.06. The summed E-state index contributed by atoms with van der Waals surface area (Å²) in [6.07, 6.45) is 4.04. The molecule has 0 bridgehead atoms. The van der Waals surface area contributed by atoms with Gasteiger partial charge in [-0.15, -0.1) is 0 Å². The minimum absolute atomic E-state index is 0.0205. The van der Waals surface area contributed by atoms with E-state index in [0.717, 1.165) is 29.2 Å². The van der Waals surface area contributed by atoms with Gasteiger partial charge in [-0.25, -0.2) is 14.6 Å². The van der Waals surface area contributed by atoms with Crippen LogP contribution in [-0.4, -0.2) is 58.2 Å². The van der Waals surface area contributed by atoms with Crippen molar-refractivity contribution in [3.63, 3.8) is 0 Å². The first-order chi connectivity index (χ1) is 20.1. The van der Waals surface area contributed by atoms with Crippen LogP contribution < -0.4 is 21.5 Å². The van der Waals surface area contributed by atoms with Crippen LogP contribution >= 0.6 is 0 Å². The number of hydrogen-bond donors (Lipinski definition) is 4. The van der Waals surface area contributed by atoms with Gasteiger partial charge in [-0.2, -0.15) is 0 Å². The predicted octanol–water partition coefficient (Wildman–Crippen LogP) is 2.90. The van der Waals surface area contributed by atoms with Gasteiger partial charge in [-0.05, 0) is 53.3 Å². The highest BCUT2D eigenvalue weighted by atomic mass is 28.3. The molecule has 9 nitrogen and oxygen atoms in total. The Hall–Kier alpha value is -4.15. The minimum atomic E-state index is -1.76. The van der Waals surface area contributed by atoms with Gasteiger partial charge in [0.15, 0.2) is 5.60 Å². The Morgan fingerprint density at radius 3 is 2.71 bits per heavy atom. The number of aromatic nitrogens is 2. The number of esters is 1. The molecule has 0 saturated carbocycles. The van der Waals surface area contributed by atoms with Crippen molar-refractivity contribution >= 4 is 37.6 Å². The maximum Gasteiger partial charge on any atom is 0.342 e. The summed E-state index contributed by atoms with van der Waals surface area (Å²) in [6.45, 7) is 6.80. The standard InChI is InChI=1S/C32H36N4O5Si/c1-4-32(40)25-16-26-28(29(37)24(25)18-41-30(32)38)36-17-23-20(9-8-10-21(23)15-27(36)35-26)13-14-42(2,3)19-33-31(39)34-22-11-6-5-7-12-22/h5-12,15,37,40H,4,13-14,16-19H2,1-3H3,(H2,33,34,39). The first-order valence-corrected chi connectivity index (χ1v) is 17.8. The van der Waals surface area contributed by atoms with Crippen LogP contribution in [0.15, 0.2) is 59.7 Å². The van der Waals surface area contributed by atoms with Gasteiger partial charge in [0.1, 0.15) is 23.2 Å². The summed E-state index contributed by atoms with van der Waals surface area (Å²) in [6, 6.07) is 16.5. The molecule has 1 aliphatic carbocycles. The van der Waals surface area contributed by atoms with Crippen molar-refractivity contribution in [2.75, 3.05) is 18.1 Å². The molecule has 2 aromatic carbocycles. The number of fused-ring (bicyclic) bond motifs is 4. The summed E-state index contributed by atoms with van der Waals surface area (Å²) >= 11 is 0. The summed E-state index contributed by atoms with van der Waals surface area (Å²) in [7, 11) is -1.76. The zero-order valence-electron chi connectivity index (χ0n) is 24.2. The highest BCUT2D eigenvalue weighted by Crippen LogP contribution is 2.36. The van der Waals surface area contributed by atoms with Gasteiger partial charge in [0, 0.05) is 23.8 Å². The molecule has 1 atom stereocenters. The van der Waals surface area contributed by atoms with E-state index >= 15 is 0 Å². The molecule has 6 rings (SSSR count). The van der Waals surface area contributed by atoms with Gasteiger partial charge in [0.25, 0.3) is 0 Å². The number of carbonyl (C=O) groups excluding carboxylic acids is 2. The Morgan fingerprint density at radius 1 is 1.17 bits per heavy atom. The number of hydrogen-bond acceptors (Lipinski definition) is 6. The second kappa shape index (κ2) is 10.6. The molecular formula is C32H36N4O5Si. The number of aliphatic hydroxyl groups excluding tert-OH is 1. The number of anilines is 1. The molecule has 10 heteroatoms. The number of nitrogens with zero attached hydrogens (tertiary/aromatic N) is 2. The number of para-hydroxylation sites is 1. The van der Waals surface area contributed by atoms with Crippen molar-refractivity contribution in [3.8, 4) is 0 Å². The molecule has 2 aliphatic heterocycles. The summed E-state index contributed by atoms with van der Waals surface area (Å²) in [4.78, 5) is 29.7. The van der Waals surface area contributed by atoms with Gasteiger partial charge in [-0.3, -0.25) is 0 Å². The second-order valence-electron chi connectivity index (χ2n) is 12.1. The maximum atomic E-state index is 12.4. The maximum absolute atomic E-state index is 12.4. The molecule has 1 unspecified atom stereocenters. The van der Waals surface area contributed by atoms with Crippen LogP contribution in [0.25, 0.3) is 11.8 Å². The summed E-state index contributed by atoms with van der Waals surface area (Å²) in [5, 5.41) is 29.1. The van der Waals surface area contributed by atoms with Crippen molar-refractivity contribution in [1.29, 1.82) is 0 Å². The van der Waals surface area contributed by atoms with Gasteiger partial charge in [0.2, 0.25) is 0 Å². The molecule has 1 aromatic heterocycles. The van der Waals surface area contributed by atoms with Crippen LogP contribution in [0.5, 0.6) is 0 Å². The molecule has 4 N–H and O–H groups in total. The number of imidazole rings is 1. The zero-order chi connectivity index (χ0) is 29.6. The van der Waals surface area contributed by atoms with Gasteiger partial charge >= 0.3 is 12.0 Å². The molecule has 3 aromatic rings. The zero-order valence-corrected chi connectivity index (χ0v) is 25.2. The lowest BCUT2D eigenvalue weighted by atomic mass is 9.80. The Labute approximate surface area is 245 Å². The third kappa shape index (κ3) is 4.94. The van der Waals surface area contributed by atoms with Gasteiger partial charge in [0.05, 0.1) is 20.3 Å². The average molecular weight is 585 g/mol. The molecule has 42 heavy (non-hydrogen) atoms. The van der Waals surface area contributed by atoms with Gasteiger partial charge < -0.3 is 30.2 Å². The van der Waals surface area contributed by atoms with Crippen molar-refractivity contribution in [2.24, 2.45) is 0 Å². The summed E-state index contributed by atoms with van der Waals surface area (Å²) in [5.41, 5.74) is 4.91. The average Bonchev–Trinajstić information content (AvgIpc) is 3.34. The third-order valence-corrected chi connectivity index (χ3v) is 11.5. The van der Waals surface area contributed by atoms with Crippen molar-refractivity contribution < 1.29 is 24.5 Å². The molecule has 3 aliphatic rings. The van der Waals surface area contributed by atoms with Crippen LogP contribution in [0.1, 0.15) is 35.7 Å². The number of aliphatic hydroxyl groups is 2. The van der Waals surface area contributed by atoms with E-state index in [1.54, 1.807) is 6.92 Å². The monoisotopic (exact) mass is 584 g/mol. The van der Waals surface area contributed by atoms with E-state index in [1.165, 1.54) is 11.1 Å². The van der Waals surface area contributed by atoms with Crippen molar-refractivity contribution in [3.05, 3.63) is 92.9 Å². The third-order valence-electron chi connectivity index (χ3n) is 8.72. The van der Waals surface area contributed by atoms with Gasteiger partial charge in [-0.1, -0.05) is 62.5 Å². The topological polar surface area (TPSA) is 126 Å². The molecular weight excluding hydrogens is 548 g/mol. The number of nitrogens with one attached hydrogen (secondary N) is 2. The van der Waals surface area contributed by atoms with Crippen molar-refractivity contribution in [1.82, 2.24) is 14.9 Å². The number of benzene rings is 2. The van der Waals surface area contributed by atoms with E-state index in [9.17, 15) is 19.8 Å². The fraction of sp³-hybridized carbons (Fsp3) is 0.344. The van der Waals surface area contributed by atoms with E-state index in [-0.39, 0.29) is 31.2 Å². The lowest BCUT2D eigenvalue weighted by molar-refractivity contribution is -0.163. The van der Waals surface area contributed by atoms with E-state index < -0.39 is 19.6 Å². The number of cyclic esters (lactones) is 1. The fourth-order valence-corrected chi connectivity index (χ4v) is 7.88. The number of rotatable bonds is 7. The van der Waals surface area contributed by atoms with Crippen LogP contribution in [0.3, 0.4) is 0 Å². The predicted molar refractivity (Wildman–Crippen MR) is 163 cm³/mol. The lowest BCUT2D eigenvalue weighted by Gasteiger charge is -2.35. The highest BCUT2D eigenvalue weighted by molar-refractivity contribution is 6.77. The van der Waals surface area contributed by atoms with E-state index in [2.05, 4.69) is 41.9 Å². The first-order valence-electron chi connectivity index (χ1n) is 14.4. The molecule has 0 spiro atoms. The largest absolute Gasteiger partial charge is 0.505 e. The fourth-order valence-electron chi connectivity index (χ4n) is 6.12. The number of urea groups is 1. The normalized spacial score (nSPS) is 19.1. The van der Waals surface area contributed by atoms with E-state index in [4.69, 9.17) is 9.72 Å². The molecule has 0 fully saturated rings. The Bertz CT molecular complexity index is 1740.